The van der Waals surface area contributed by atoms with Crippen LogP contribution in [0.25, 0.3) is 5.57 Å². The van der Waals surface area contributed by atoms with Crippen molar-refractivity contribution in [3.8, 4) is 5.75 Å². The van der Waals surface area contributed by atoms with Gasteiger partial charge in [-0.3, -0.25) is 9.59 Å². The molecule has 1 saturated heterocycles. The maximum atomic E-state index is 14.5. The van der Waals surface area contributed by atoms with Crippen molar-refractivity contribution in [3.63, 3.8) is 0 Å². The number of carbonyl (C=O) groups excluding carboxylic acids is 2. The van der Waals surface area contributed by atoms with Crippen molar-refractivity contribution in [2.24, 2.45) is 0 Å². The van der Waals surface area contributed by atoms with Gasteiger partial charge < -0.3 is 19.9 Å². The molecule has 0 unspecified atom stereocenters. The smallest absolute Gasteiger partial charge is 0.252 e. The van der Waals surface area contributed by atoms with Crippen LogP contribution in [0.5, 0.6) is 5.75 Å². The second-order valence-electron chi connectivity index (χ2n) is 11.9. The topological polar surface area (TPSA) is 61.9 Å². The molecule has 3 aromatic rings. The fourth-order valence-corrected chi connectivity index (χ4v) is 6.81. The molecule has 2 atom stereocenters. The van der Waals surface area contributed by atoms with Crippen molar-refractivity contribution in [1.82, 2.24) is 15.1 Å². The Morgan fingerprint density at radius 1 is 0.955 bits per heavy atom. The molecular weight excluding hydrogens is 617 g/mol. The number of fused-ring (bicyclic) bond motifs is 2. The summed E-state index contributed by atoms with van der Waals surface area (Å²) in [5, 5.41) is 5.24. The van der Waals surface area contributed by atoms with Crippen LogP contribution in [0.15, 0.2) is 72.3 Å². The molecule has 1 N–H and O–H groups in total. The van der Waals surface area contributed by atoms with E-state index in [1.807, 2.05) is 46.2 Å². The fourth-order valence-electron chi connectivity index (χ4n) is 6.27. The Bertz CT molecular complexity index is 1570. The number of rotatable bonds is 10. The number of aryl methyl sites for hydroxylation is 1. The van der Waals surface area contributed by atoms with E-state index in [9.17, 15) is 9.59 Å². The summed E-state index contributed by atoms with van der Waals surface area (Å²) in [4.78, 5) is 30.8. The third-order valence-corrected chi connectivity index (χ3v) is 9.88. The number of piperazine rings is 1. The number of amides is 2. The van der Waals surface area contributed by atoms with Crippen LogP contribution >= 0.6 is 34.8 Å². The van der Waals surface area contributed by atoms with Gasteiger partial charge in [0.1, 0.15) is 10.8 Å². The molecule has 2 amide bonds. The summed E-state index contributed by atoms with van der Waals surface area (Å²) in [6.45, 7) is 3.71. The monoisotopic (exact) mass is 651 g/mol. The van der Waals surface area contributed by atoms with Gasteiger partial charge in [0.2, 0.25) is 5.91 Å². The lowest BCUT2D eigenvalue weighted by molar-refractivity contribution is -0.132. The fraction of sp³-hybridized carbons (Fsp3) is 0.371. The highest BCUT2D eigenvalue weighted by Crippen LogP contribution is 2.38. The number of hydrogen-bond acceptors (Lipinski definition) is 4. The van der Waals surface area contributed by atoms with Crippen molar-refractivity contribution in [1.29, 1.82) is 0 Å². The molecule has 2 bridgehead atoms. The zero-order chi connectivity index (χ0) is 30.8. The first-order chi connectivity index (χ1) is 21.3. The van der Waals surface area contributed by atoms with Gasteiger partial charge in [-0.2, -0.15) is 0 Å². The van der Waals surface area contributed by atoms with Crippen LogP contribution < -0.4 is 10.1 Å². The average molecular weight is 653 g/mol. The number of halogens is 3. The first-order valence-electron chi connectivity index (χ1n) is 15.2. The first-order valence-corrected chi connectivity index (χ1v) is 16.4. The highest BCUT2D eigenvalue weighted by atomic mass is 35.5. The van der Waals surface area contributed by atoms with Gasteiger partial charge >= 0.3 is 0 Å². The second kappa shape index (κ2) is 13.5. The summed E-state index contributed by atoms with van der Waals surface area (Å²) in [5.74, 6) is 0.663. The summed E-state index contributed by atoms with van der Waals surface area (Å²) >= 11 is 18.9. The Morgan fingerprint density at radius 2 is 1.70 bits per heavy atom. The van der Waals surface area contributed by atoms with E-state index >= 15 is 0 Å². The molecule has 2 heterocycles. The molecule has 9 heteroatoms. The number of hydrogen-bond donors (Lipinski definition) is 1. The lowest BCUT2D eigenvalue weighted by Crippen LogP contribution is -2.61. The van der Waals surface area contributed by atoms with Gasteiger partial charge in [0.25, 0.3) is 5.91 Å². The van der Waals surface area contributed by atoms with E-state index in [4.69, 9.17) is 39.5 Å². The zero-order valence-electron chi connectivity index (χ0n) is 24.7. The molecule has 1 saturated carbocycles. The molecule has 6 rings (SSSR count). The molecule has 2 aliphatic heterocycles. The van der Waals surface area contributed by atoms with Crippen molar-refractivity contribution in [3.05, 3.63) is 104 Å². The van der Waals surface area contributed by atoms with Crippen LogP contribution in [0.4, 0.5) is 0 Å². The van der Waals surface area contributed by atoms with E-state index in [0.29, 0.717) is 53.5 Å². The number of benzene rings is 3. The Labute approximate surface area is 273 Å². The van der Waals surface area contributed by atoms with Crippen LogP contribution in [-0.4, -0.2) is 59.4 Å². The van der Waals surface area contributed by atoms with Gasteiger partial charge in [0.05, 0.1) is 17.7 Å². The normalized spacial score (nSPS) is 19.6. The Hall–Kier alpha value is -3.03. The van der Waals surface area contributed by atoms with E-state index in [0.717, 1.165) is 48.0 Å². The summed E-state index contributed by atoms with van der Waals surface area (Å²) in [7, 11) is 0. The average Bonchev–Trinajstić information content (AvgIpc) is 3.86. The van der Waals surface area contributed by atoms with E-state index in [1.54, 1.807) is 13.0 Å². The predicted octanol–water partition coefficient (Wildman–Crippen LogP) is 7.20. The quantitative estimate of drug-likeness (QED) is 0.236. The second-order valence-corrected chi connectivity index (χ2v) is 13.1. The Balaban J connectivity index is 1.23. The molecule has 3 aliphatic rings. The molecule has 3 aromatic carbocycles. The lowest BCUT2D eigenvalue weighted by Gasteiger charge is -2.44. The van der Waals surface area contributed by atoms with Crippen LogP contribution in [0, 0.1) is 0 Å². The van der Waals surface area contributed by atoms with Gasteiger partial charge in [-0.05, 0) is 72.6 Å². The molecule has 44 heavy (non-hydrogen) atoms. The third-order valence-electron chi connectivity index (χ3n) is 8.71. The summed E-state index contributed by atoms with van der Waals surface area (Å²) in [6, 6.07) is 21.7. The van der Waals surface area contributed by atoms with Gasteiger partial charge in [0, 0.05) is 49.2 Å². The Morgan fingerprint density at radius 3 is 2.43 bits per heavy atom. The molecule has 0 aromatic heterocycles. The van der Waals surface area contributed by atoms with Gasteiger partial charge in [-0.1, -0.05) is 83.3 Å². The van der Waals surface area contributed by atoms with Crippen LogP contribution in [0.3, 0.4) is 0 Å². The molecule has 230 valence electrons. The molecule has 6 nitrogen and oxygen atoms in total. The molecule has 2 fully saturated rings. The summed E-state index contributed by atoms with van der Waals surface area (Å²) in [5.41, 5.74) is 5.03. The largest absolute Gasteiger partial charge is 0.492 e. The predicted molar refractivity (Wildman–Crippen MR) is 176 cm³/mol. The Kier molecular flexibility index (Phi) is 9.53. The highest BCUT2D eigenvalue weighted by molar-refractivity contribution is 6.42. The molecule has 0 radical (unpaired) electrons. The summed E-state index contributed by atoms with van der Waals surface area (Å²) in [6.07, 6.45) is 4.32. The zero-order valence-corrected chi connectivity index (χ0v) is 27.0. The lowest BCUT2D eigenvalue weighted by atomic mass is 9.82. The van der Waals surface area contributed by atoms with Crippen LogP contribution in [0.1, 0.15) is 49.3 Å². The number of nitrogens with zero attached hydrogens (tertiary/aromatic N) is 2. The number of nitrogens with one attached hydrogen (secondary N) is 1. The van der Waals surface area contributed by atoms with Crippen molar-refractivity contribution in [2.45, 2.75) is 63.7 Å². The standard InChI is InChI=1S/C35H36Cl3N3O3/c1-22(42)40-20-26-18-28(24-13-11-23(12-14-24)6-5-17-44-32-10-4-9-30(37)34(32)38)33(31(21-40)39-26)35(43)41(27-15-16-27)19-25-7-2-3-8-29(25)36/h2-4,7-14,26-27,31,39H,5-6,15-21H2,1H3/t26-,31-/m1/s1. The van der Waals surface area contributed by atoms with Crippen molar-refractivity contribution < 1.29 is 14.3 Å². The summed E-state index contributed by atoms with van der Waals surface area (Å²) < 4.78 is 5.85. The minimum absolute atomic E-state index is 0.0321. The molecule has 0 spiro atoms. The van der Waals surface area contributed by atoms with E-state index in [1.165, 1.54) is 5.56 Å². The van der Waals surface area contributed by atoms with Crippen LogP contribution in [0.2, 0.25) is 15.1 Å². The third kappa shape index (κ3) is 6.94. The maximum Gasteiger partial charge on any atom is 0.252 e. The minimum Gasteiger partial charge on any atom is -0.492 e. The molecule has 1 aliphatic carbocycles. The molecular formula is C35H36Cl3N3O3. The van der Waals surface area contributed by atoms with Crippen LogP contribution in [-0.2, 0) is 22.6 Å². The highest BCUT2D eigenvalue weighted by Gasteiger charge is 2.43. The maximum absolute atomic E-state index is 14.5. The first kappa shape index (κ1) is 31.0. The number of ether oxygens (including phenoxy) is 1. The van der Waals surface area contributed by atoms with Gasteiger partial charge in [-0.15, -0.1) is 0 Å². The van der Waals surface area contributed by atoms with E-state index in [2.05, 4.69) is 29.6 Å². The minimum atomic E-state index is -0.225. The van der Waals surface area contributed by atoms with E-state index < -0.39 is 0 Å². The number of carbonyl (C=O) groups is 2. The van der Waals surface area contributed by atoms with Crippen molar-refractivity contribution >= 4 is 52.2 Å². The van der Waals surface area contributed by atoms with Crippen molar-refractivity contribution in [2.75, 3.05) is 19.7 Å². The van der Waals surface area contributed by atoms with Gasteiger partial charge in [0.15, 0.2) is 0 Å². The van der Waals surface area contributed by atoms with E-state index in [-0.39, 0.29) is 29.9 Å². The SMILES string of the molecule is CC(=O)N1C[C@H]2CC(c3ccc(CCCOc4cccc(Cl)c4Cl)cc3)=C(C(=O)N(Cc3ccccc3Cl)C3CC3)[C@@H](C1)N2. The van der Waals surface area contributed by atoms with Gasteiger partial charge in [-0.25, -0.2) is 0 Å².